The van der Waals surface area contributed by atoms with Gasteiger partial charge in [0.15, 0.2) is 0 Å². The normalized spacial score (nSPS) is 12.6. The van der Waals surface area contributed by atoms with E-state index in [0.717, 1.165) is 22.9 Å². The first kappa shape index (κ1) is 13.6. The van der Waals surface area contributed by atoms with Crippen LogP contribution < -0.4 is 5.32 Å². The summed E-state index contributed by atoms with van der Waals surface area (Å²) in [5.41, 5.74) is 1.94. The Bertz CT molecular complexity index is 575. The largest absolute Gasteiger partial charge is 0.386 e. The molecule has 0 fully saturated rings. The summed E-state index contributed by atoms with van der Waals surface area (Å²) in [4.78, 5) is 11.4. The predicted octanol–water partition coefficient (Wildman–Crippen LogP) is 2.13. The Morgan fingerprint density at radius 1 is 1.42 bits per heavy atom. The van der Waals surface area contributed by atoms with Gasteiger partial charge in [-0.15, -0.1) is 0 Å². The summed E-state index contributed by atoms with van der Waals surface area (Å²) in [6, 6.07) is 7.93. The van der Waals surface area contributed by atoms with Crippen LogP contribution in [0.4, 0.5) is 0 Å². The van der Waals surface area contributed by atoms with Gasteiger partial charge in [0.2, 0.25) is 5.91 Å². The van der Waals surface area contributed by atoms with Gasteiger partial charge >= 0.3 is 0 Å². The van der Waals surface area contributed by atoms with Crippen LogP contribution in [0.15, 0.2) is 30.5 Å². The molecule has 1 unspecified atom stereocenters. The number of carbonyl (C=O) groups is 1. The van der Waals surface area contributed by atoms with Crippen molar-refractivity contribution >= 4 is 16.8 Å². The molecule has 1 amide bonds. The van der Waals surface area contributed by atoms with Crippen molar-refractivity contribution in [1.29, 1.82) is 0 Å². The minimum absolute atomic E-state index is 0.0122. The van der Waals surface area contributed by atoms with Gasteiger partial charge in [-0.05, 0) is 12.5 Å². The van der Waals surface area contributed by atoms with E-state index < -0.39 is 6.10 Å². The van der Waals surface area contributed by atoms with Crippen molar-refractivity contribution in [3.8, 4) is 0 Å². The predicted molar refractivity (Wildman–Crippen MR) is 75.8 cm³/mol. The van der Waals surface area contributed by atoms with Gasteiger partial charge in [0.25, 0.3) is 0 Å². The van der Waals surface area contributed by atoms with Crippen molar-refractivity contribution in [3.63, 3.8) is 0 Å². The number of para-hydroxylation sites is 1. The Hall–Kier alpha value is -1.81. The number of rotatable bonds is 5. The highest BCUT2D eigenvalue weighted by Crippen LogP contribution is 2.25. The zero-order valence-electron chi connectivity index (χ0n) is 11.4. The third kappa shape index (κ3) is 2.96. The second-order valence-corrected chi connectivity index (χ2v) is 4.78. The topological polar surface area (TPSA) is 54.3 Å². The van der Waals surface area contributed by atoms with Crippen LogP contribution in [-0.2, 0) is 11.8 Å². The molecule has 2 rings (SSSR count). The summed E-state index contributed by atoms with van der Waals surface area (Å²) in [6.07, 6.45) is 2.56. The van der Waals surface area contributed by atoms with Crippen molar-refractivity contribution in [2.24, 2.45) is 7.05 Å². The van der Waals surface area contributed by atoms with Crippen LogP contribution in [0.25, 0.3) is 10.9 Å². The van der Waals surface area contributed by atoms with Gasteiger partial charge in [-0.3, -0.25) is 4.79 Å². The fourth-order valence-corrected chi connectivity index (χ4v) is 2.27. The molecule has 2 aromatic rings. The van der Waals surface area contributed by atoms with Gasteiger partial charge in [0, 0.05) is 42.7 Å². The van der Waals surface area contributed by atoms with Gasteiger partial charge in [0.05, 0.1) is 6.10 Å². The Labute approximate surface area is 113 Å². The second kappa shape index (κ2) is 5.89. The molecular formula is C15H20N2O2. The number of hydrogen-bond donors (Lipinski definition) is 2. The number of nitrogens with zero attached hydrogens (tertiary/aromatic N) is 1. The van der Waals surface area contributed by atoms with E-state index in [4.69, 9.17) is 0 Å². The van der Waals surface area contributed by atoms with Crippen LogP contribution in [0.3, 0.4) is 0 Å². The highest BCUT2D eigenvalue weighted by molar-refractivity contribution is 5.84. The SMILES string of the molecule is CCCC(=O)NCC(O)c1cn(C)c2ccccc12. The number of hydrogen-bond acceptors (Lipinski definition) is 2. The first-order valence-corrected chi connectivity index (χ1v) is 6.62. The number of benzene rings is 1. The van der Waals surface area contributed by atoms with E-state index in [2.05, 4.69) is 5.32 Å². The van der Waals surface area contributed by atoms with Gasteiger partial charge in [-0.1, -0.05) is 25.1 Å². The molecule has 0 aliphatic heterocycles. The number of fused-ring (bicyclic) bond motifs is 1. The zero-order valence-corrected chi connectivity index (χ0v) is 11.4. The molecule has 0 radical (unpaired) electrons. The monoisotopic (exact) mass is 260 g/mol. The zero-order chi connectivity index (χ0) is 13.8. The first-order valence-electron chi connectivity index (χ1n) is 6.62. The maximum atomic E-state index is 11.4. The molecule has 1 aromatic carbocycles. The molecule has 1 heterocycles. The number of aryl methyl sites for hydroxylation is 1. The number of aliphatic hydroxyl groups is 1. The van der Waals surface area contributed by atoms with E-state index >= 15 is 0 Å². The Morgan fingerprint density at radius 3 is 2.89 bits per heavy atom. The average molecular weight is 260 g/mol. The molecule has 2 N–H and O–H groups in total. The summed E-state index contributed by atoms with van der Waals surface area (Å²) in [5, 5.41) is 14.0. The Morgan fingerprint density at radius 2 is 2.16 bits per heavy atom. The van der Waals surface area contributed by atoms with Gasteiger partial charge in [0.1, 0.15) is 0 Å². The lowest BCUT2D eigenvalue weighted by Crippen LogP contribution is -2.27. The van der Waals surface area contributed by atoms with Crippen molar-refractivity contribution in [3.05, 3.63) is 36.0 Å². The minimum atomic E-state index is -0.674. The average Bonchev–Trinajstić information content (AvgIpc) is 2.75. The lowest BCUT2D eigenvalue weighted by molar-refractivity contribution is -0.121. The van der Waals surface area contributed by atoms with Crippen LogP contribution in [-0.4, -0.2) is 22.1 Å². The van der Waals surface area contributed by atoms with E-state index in [-0.39, 0.29) is 12.5 Å². The summed E-state index contributed by atoms with van der Waals surface area (Å²) in [6.45, 7) is 2.22. The van der Waals surface area contributed by atoms with Crippen LogP contribution in [0, 0.1) is 0 Å². The van der Waals surface area contributed by atoms with E-state index in [1.165, 1.54) is 0 Å². The molecule has 0 aliphatic carbocycles. The highest BCUT2D eigenvalue weighted by atomic mass is 16.3. The molecule has 0 spiro atoms. The number of amides is 1. The smallest absolute Gasteiger partial charge is 0.220 e. The summed E-state index contributed by atoms with van der Waals surface area (Å²) >= 11 is 0. The third-order valence-electron chi connectivity index (χ3n) is 3.26. The van der Waals surface area contributed by atoms with E-state index in [1.807, 2.05) is 49.0 Å². The van der Waals surface area contributed by atoms with Crippen molar-refractivity contribution in [1.82, 2.24) is 9.88 Å². The highest BCUT2D eigenvalue weighted by Gasteiger charge is 2.14. The molecular weight excluding hydrogens is 240 g/mol. The Balaban J connectivity index is 2.13. The van der Waals surface area contributed by atoms with E-state index in [0.29, 0.717) is 6.42 Å². The fourth-order valence-electron chi connectivity index (χ4n) is 2.27. The van der Waals surface area contributed by atoms with Gasteiger partial charge < -0.3 is 15.0 Å². The standard InChI is InChI=1S/C15H20N2O2/c1-3-6-15(19)16-9-14(18)12-10-17(2)13-8-5-4-7-11(12)13/h4-5,7-8,10,14,18H,3,6,9H2,1-2H3,(H,16,19). The summed E-state index contributed by atoms with van der Waals surface area (Å²) in [5.74, 6) is -0.0122. The maximum absolute atomic E-state index is 11.4. The van der Waals surface area contributed by atoms with Crippen LogP contribution in [0.2, 0.25) is 0 Å². The lowest BCUT2D eigenvalue weighted by atomic mass is 10.1. The van der Waals surface area contributed by atoms with Gasteiger partial charge in [-0.25, -0.2) is 0 Å². The van der Waals surface area contributed by atoms with Crippen molar-refractivity contribution in [2.75, 3.05) is 6.54 Å². The first-order chi connectivity index (χ1) is 9.13. The number of aliphatic hydroxyl groups excluding tert-OH is 1. The van der Waals surface area contributed by atoms with Gasteiger partial charge in [-0.2, -0.15) is 0 Å². The molecule has 4 heteroatoms. The number of aromatic nitrogens is 1. The minimum Gasteiger partial charge on any atom is -0.386 e. The lowest BCUT2D eigenvalue weighted by Gasteiger charge is -2.11. The molecule has 1 aromatic heterocycles. The summed E-state index contributed by atoms with van der Waals surface area (Å²) < 4.78 is 1.99. The molecule has 0 saturated carbocycles. The molecule has 0 aliphatic rings. The molecule has 0 bridgehead atoms. The number of nitrogens with one attached hydrogen (secondary N) is 1. The fraction of sp³-hybridized carbons (Fsp3) is 0.400. The quantitative estimate of drug-likeness (QED) is 0.865. The van der Waals surface area contributed by atoms with Crippen molar-refractivity contribution in [2.45, 2.75) is 25.9 Å². The van der Waals surface area contributed by atoms with Crippen LogP contribution in [0.5, 0.6) is 0 Å². The van der Waals surface area contributed by atoms with Crippen LogP contribution in [0.1, 0.15) is 31.4 Å². The van der Waals surface area contributed by atoms with E-state index in [1.54, 1.807) is 0 Å². The number of carbonyl (C=O) groups excluding carboxylic acids is 1. The third-order valence-corrected chi connectivity index (χ3v) is 3.26. The Kier molecular flexibility index (Phi) is 4.22. The van der Waals surface area contributed by atoms with Crippen molar-refractivity contribution < 1.29 is 9.90 Å². The molecule has 0 saturated heterocycles. The molecule has 102 valence electrons. The van der Waals surface area contributed by atoms with Crippen LogP contribution >= 0.6 is 0 Å². The maximum Gasteiger partial charge on any atom is 0.220 e. The summed E-state index contributed by atoms with van der Waals surface area (Å²) in [7, 11) is 1.95. The molecule has 4 nitrogen and oxygen atoms in total. The van der Waals surface area contributed by atoms with E-state index in [9.17, 15) is 9.90 Å². The molecule has 1 atom stereocenters. The molecule has 19 heavy (non-hydrogen) atoms. The second-order valence-electron chi connectivity index (χ2n) is 4.78.